The summed E-state index contributed by atoms with van der Waals surface area (Å²) in [5.74, 6) is 0.0188. The van der Waals surface area contributed by atoms with Gasteiger partial charge >= 0.3 is 17.6 Å². The van der Waals surface area contributed by atoms with Crippen LogP contribution >= 0.6 is 23.1 Å². The number of halogens is 4. The summed E-state index contributed by atoms with van der Waals surface area (Å²) < 4.78 is 66.9. The number of urea groups is 1. The van der Waals surface area contributed by atoms with Crippen LogP contribution in [-0.4, -0.2) is 70.6 Å². The fourth-order valence-electron chi connectivity index (χ4n) is 4.48. The van der Waals surface area contributed by atoms with Crippen molar-refractivity contribution in [3.8, 4) is 10.7 Å². The zero-order chi connectivity index (χ0) is 27.3. The highest BCUT2D eigenvalue weighted by Gasteiger charge is 2.37. The highest BCUT2D eigenvalue weighted by atomic mass is 32.2. The molecule has 2 saturated heterocycles. The third-order valence-electron chi connectivity index (χ3n) is 6.54. The van der Waals surface area contributed by atoms with Gasteiger partial charge in [-0.3, -0.25) is 0 Å². The monoisotopic (exact) mass is 586 g/mol. The number of nitrogens with one attached hydrogen (secondary N) is 3. The van der Waals surface area contributed by atoms with Gasteiger partial charge in [-0.25, -0.2) is 14.0 Å². The number of nitrogens with zero attached hydrogens (tertiary/aromatic N) is 3. The molecule has 2 aromatic heterocycles. The maximum Gasteiger partial charge on any atom is 0.446 e. The Labute approximate surface area is 226 Å². The van der Waals surface area contributed by atoms with Crippen molar-refractivity contribution < 1.29 is 36.4 Å². The van der Waals surface area contributed by atoms with E-state index in [0.717, 1.165) is 24.2 Å². The van der Waals surface area contributed by atoms with Crippen LogP contribution in [-0.2, 0) is 4.74 Å². The molecule has 16 heteroatoms. The van der Waals surface area contributed by atoms with Crippen molar-refractivity contribution in [3.05, 3.63) is 24.1 Å². The molecule has 0 spiro atoms. The topological polar surface area (TPSA) is 122 Å². The van der Waals surface area contributed by atoms with E-state index in [9.17, 15) is 22.8 Å². The quantitative estimate of drug-likeness (QED) is 0.271. The van der Waals surface area contributed by atoms with Gasteiger partial charge in [0.25, 0.3) is 5.89 Å². The van der Waals surface area contributed by atoms with Gasteiger partial charge in [0, 0.05) is 23.4 Å². The van der Waals surface area contributed by atoms with Crippen LogP contribution in [0.5, 0.6) is 0 Å². The Balaban J connectivity index is 1.27. The number of amides is 3. The van der Waals surface area contributed by atoms with Gasteiger partial charge < -0.3 is 30.1 Å². The van der Waals surface area contributed by atoms with Crippen molar-refractivity contribution in [2.75, 3.05) is 25.0 Å². The fourth-order valence-corrected chi connectivity index (χ4v) is 6.59. The summed E-state index contributed by atoms with van der Waals surface area (Å²) in [4.78, 5) is 29.3. The second-order valence-corrected chi connectivity index (χ2v) is 11.5. The average molecular weight is 587 g/mol. The van der Waals surface area contributed by atoms with Gasteiger partial charge in [-0.15, -0.1) is 11.3 Å². The van der Waals surface area contributed by atoms with Crippen molar-refractivity contribution in [1.29, 1.82) is 0 Å². The SMILES string of the molecule is O=C1NCC(c2nc(-c3sc4c(NC5CCN(C(=O)OC6CC6)CC5F)cccc4c3SC(F)(F)F)no2)N1. The van der Waals surface area contributed by atoms with E-state index in [4.69, 9.17) is 9.26 Å². The zero-order valence-electron chi connectivity index (χ0n) is 20.1. The van der Waals surface area contributed by atoms with Crippen LogP contribution in [0, 0.1) is 0 Å². The molecule has 1 aromatic carbocycles. The summed E-state index contributed by atoms with van der Waals surface area (Å²) in [7, 11) is 0. The Kier molecular flexibility index (Phi) is 6.69. The molecule has 10 nitrogen and oxygen atoms in total. The number of piperidine rings is 1. The number of thioether (sulfide) groups is 1. The second-order valence-electron chi connectivity index (χ2n) is 9.44. The van der Waals surface area contributed by atoms with Crippen LogP contribution in [0.3, 0.4) is 0 Å². The molecule has 0 radical (unpaired) electrons. The van der Waals surface area contributed by atoms with Crippen LogP contribution < -0.4 is 16.0 Å². The Morgan fingerprint density at radius 1 is 1.28 bits per heavy atom. The van der Waals surface area contributed by atoms with Crippen molar-refractivity contribution in [1.82, 2.24) is 25.7 Å². The van der Waals surface area contributed by atoms with Crippen LogP contribution in [0.25, 0.3) is 20.8 Å². The first-order chi connectivity index (χ1) is 18.6. The Hall–Kier alpha value is -3.27. The van der Waals surface area contributed by atoms with E-state index in [-0.39, 0.29) is 52.4 Å². The summed E-state index contributed by atoms with van der Waals surface area (Å²) >= 11 is 0.747. The number of rotatable bonds is 6. The molecule has 4 heterocycles. The predicted octanol–water partition coefficient (Wildman–Crippen LogP) is 5.04. The molecule has 39 heavy (non-hydrogen) atoms. The Morgan fingerprint density at radius 2 is 2.10 bits per heavy atom. The molecule has 3 N–H and O–H groups in total. The highest BCUT2D eigenvalue weighted by Crippen LogP contribution is 2.50. The molecule has 3 fully saturated rings. The number of benzene rings is 1. The van der Waals surface area contributed by atoms with E-state index in [1.165, 1.54) is 4.90 Å². The number of carbonyl (C=O) groups excluding carboxylic acids is 2. The van der Waals surface area contributed by atoms with E-state index in [0.29, 0.717) is 28.7 Å². The van der Waals surface area contributed by atoms with Gasteiger partial charge in [-0.1, -0.05) is 17.3 Å². The molecule has 6 rings (SSSR count). The lowest BCUT2D eigenvalue weighted by Crippen LogP contribution is -2.50. The first-order valence-corrected chi connectivity index (χ1v) is 13.8. The lowest BCUT2D eigenvalue weighted by atomic mass is 10.0. The minimum Gasteiger partial charge on any atom is -0.446 e. The number of aromatic nitrogens is 2. The minimum atomic E-state index is -4.59. The largest absolute Gasteiger partial charge is 0.446 e. The third kappa shape index (κ3) is 5.57. The summed E-state index contributed by atoms with van der Waals surface area (Å²) in [5, 5.41) is 12.5. The summed E-state index contributed by atoms with van der Waals surface area (Å²) in [6.45, 7) is 0.359. The minimum absolute atomic E-state index is 0.0455. The fraction of sp³-hybridized carbons (Fsp3) is 0.478. The molecule has 3 amide bonds. The van der Waals surface area contributed by atoms with Gasteiger partial charge in [0.1, 0.15) is 18.3 Å². The van der Waals surface area contributed by atoms with Crippen LogP contribution in [0.4, 0.5) is 32.8 Å². The predicted molar refractivity (Wildman–Crippen MR) is 134 cm³/mol. The number of likely N-dealkylation sites (tertiary alicyclic amines) is 1. The lowest BCUT2D eigenvalue weighted by molar-refractivity contribution is -0.0327. The number of thiophene rings is 1. The normalized spacial score (nSPS) is 23.5. The number of carbonyl (C=O) groups is 2. The number of anilines is 1. The van der Waals surface area contributed by atoms with E-state index in [1.807, 2.05) is 0 Å². The van der Waals surface area contributed by atoms with Gasteiger partial charge in [-0.2, -0.15) is 18.2 Å². The molecular weight excluding hydrogens is 564 g/mol. The molecule has 3 aliphatic rings. The maximum absolute atomic E-state index is 15.1. The molecule has 3 unspecified atom stereocenters. The molecule has 1 aliphatic carbocycles. The number of ether oxygens (including phenoxy) is 1. The number of alkyl halides is 4. The molecular formula is C23H22F4N6O4S2. The molecule has 208 valence electrons. The molecule has 3 aromatic rings. The summed E-state index contributed by atoms with van der Waals surface area (Å²) in [6, 6.07) is 3.16. The first-order valence-electron chi connectivity index (χ1n) is 12.2. The standard InChI is InChI=1S/C23H22F4N6O4S2/c24-12-9-33(22(35)36-10-4-5-10)7-6-13(12)29-14-3-1-2-11-16(14)38-18(17(11)39-23(25,26)27)19-31-20(37-32-19)15-8-28-21(34)30-15/h1-3,10,12-13,15,29H,4-9H2,(H2,28,30,34). The smallest absolute Gasteiger partial charge is 0.446 e. The van der Waals surface area contributed by atoms with Gasteiger partial charge in [0.2, 0.25) is 5.82 Å². The van der Waals surface area contributed by atoms with E-state index in [1.54, 1.807) is 18.2 Å². The summed E-state index contributed by atoms with van der Waals surface area (Å²) in [5.41, 5.74) is -4.13. The van der Waals surface area contributed by atoms with Crippen molar-refractivity contribution in [3.63, 3.8) is 0 Å². The van der Waals surface area contributed by atoms with Gasteiger partial charge in [0.15, 0.2) is 0 Å². The number of fused-ring (bicyclic) bond motifs is 1. The second kappa shape index (κ2) is 10.0. The van der Waals surface area contributed by atoms with Crippen LogP contribution in [0.15, 0.2) is 27.6 Å². The highest BCUT2D eigenvalue weighted by molar-refractivity contribution is 8.00. The molecule has 0 bridgehead atoms. The maximum atomic E-state index is 15.1. The van der Waals surface area contributed by atoms with E-state index >= 15 is 4.39 Å². The number of hydrogen-bond donors (Lipinski definition) is 3. The average Bonchev–Trinajstić information content (AvgIpc) is 3.24. The van der Waals surface area contributed by atoms with Crippen molar-refractivity contribution in [2.24, 2.45) is 0 Å². The van der Waals surface area contributed by atoms with Crippen LogP contribution in [0.2, 0.25) is 0 Å². The molecule has 2 aliphatic heterocycles. The Morgan fingerprint density at radius 3 is 2.79 bits per heavy atom. The lowest BCUT2D eigenvalue weighted by Gasteiger charge is -2.35. The van der Waals surface area contributed by atoms with Crippen molar-refractivity contribution in [2.45, 2.75) is 54.0 Å². The van der Waals surface area contributed by atoms with Crippen molar-refractivity contribution >= 4 is 51.0 Å². The molecule has 3 atom stereocenters. The van der Waals surface area contributed by atoms with E-state index < -0.39 is 35.9 Å². The first kappa shape index (κ1) is 26.0. The molecule has 1 saturated carbocycles. The third-order valence-corrected chi connectivity index (χ3v) is 8.76. The van der Waals surface area contributed by atoms with Gasteiger partial charge in [-0.05, 0) is 37.1 Å². The van der Waals surface area contributed by atoms with E-state index in [2.05, 4.69) is 26.1 Å². The zero-order valence-corrected chi connectivity index (χ0v) is 21.7. The van der Waals surface area contributed by atoms with Gasteiger partial charge in [0.05, 0.1) is 27.9 Å². The summed E-state index contributed by atoms with van der Waals surface area (Å²) in [6.07, 6.45) is -0.0588. The Bertz CT molecular complexity index is 1410. The van der Waals surface area contributed by atoms with Crippen LogP contribution in [0.1, 0.15) is 31.2 Å². The number of hydrogen-bond acceptors (Lipinski definition) is 9.